The molecule has 260 valence electrons. The van der Waals surface area contributed by atoms with Gasteiger partial charge < -0.3 is 0 Å². The Morgan fingerprint density at radius 2 is 0.455 bits per heavy atom. The lowest BCUT2D eigenvalue weighted by Crippen LogP contribution is -2.74. The van der Waals surface area contributed by atoms with Gasteiger partial charge in [0, 0.05) is 0 Å². The van der Waals surface area contributed by atoms with Crippen molar-refractivity contribution in [2.24, 2.45) is 0 Å². The third-order valence-electron chi connectivity index (χ3n) is 10.9. The normalized spacial score (nSPS) is 11.3. The highest BCUT2D eigenvalue weighted by atomic mass is 28.3. The zero-order chi connectivity index (χ0) is 36.9. The van der Waals surface area contributed by atoms with Crippen LogP contribution in [0.1, 0.15) is 0 Å². The van der Waals surface area contributed by atoms with Crippen molar-refractivity contribution in [3.05, 3.63) is 243 Å². The lowest BCUT2D eigenvalue weighted by molar-refractivity contribution is 1.53. The molecule has 55 heavy (non-hydrogen) atoms. The van der Waals surface area contributed by atoms with Crippen LogP contribution in [0.4, 0.5) is 0 Å². The minimum atomic E-state index is -2.77. The Balaban J connectivity index is 1.38. The quantitative estimate of drug-likeness (QED) is 0.103. The summed E-state index contributed by atoms with van der Waals surface area (Å²) < 4.78 is 0. The van der Waals surface area contributed by atoms with E-state index in [9.17, 15) is 0 Å². The molecule has 9 aromatic rings. The van der Waals surface area contributed by atoms with Crippen molar-refractivity contribution in [2.75, 3.05) is 0 Å². The fourth-order valence-corrected chi connectivity index (χ4v) is 13.2. The van der Waals surface area contributed by atoms with Gasteiger partial charge in [-0.1, -0.05) is 243 Å². The number of benzene rings is 9. The first-order valence-corrected chi connectivity index (χ1v) is 21.0. The number of rotatable bonds is 9. The Morgan fingerprint density at radius 1 is 0.200 bits per heavy atom. The maximum absolute atomic E-state index is 2.77. The van der Waals surface area contributed by atoms with Gasteiger partial charge in [0.2, 0.25) is 0 Å². The summed E-state index contributed by atoms with van der Waals surface area (Å²) in [6.07, 6.45) is 0. The zero-order valence-corrected chi connectivity index (χ0v) is 31.6. The predicted molar refractivity (Wildman–Crippen MR) is 237 cm³/mol. The highest BCUT2D eigenvalue weighted by Crippen LogP contribution is 2.48. The molecule has 0 aliphatic carbocycles. The largest absolute Gasteiger partial charge is 0.179 e. The van der Waals surface area contributed by atoms with Crippen LogP contribution < -0.4 is 20.7 Å². The molecule has 0 saturated carbocycles. The van der Waals surface area contributed by atoms with Crippen molar-refractivity contribution in [2.45, 2.75) is 0 Å². The third kappa shape index (κ3) is 6.35. The van der Waals surface area contributed by atoms with Gasteiger partial charge in [-0.25, -0.2) is 0 Å². The van der Waals surface area contributed by atoms with Crippen molar-refractivity contribution in [1.29, 1.82) is 0 Å². The number of hydrogen-bond donors (Lipinski definition) is 0. The van der Waals surface area contributed by atoms with Crippen molar-refractivity contribution in [1.82, 2.24) is 0 Å². The van der Waals surface area contributed by atoms with Crippen LogP contribution in [-0.2, 0) is 0 Å². The molecule has 0 saturated heterocycles. The van der Waals surface area contributed by atoms with Gasteiger partial charge in [0.1, 0.15) is 0 Å². The second kappa shape index (κ2) is 15.3. The summed E-state index contributed by atoms with van der Waals surface area (Å²) >= 11 is 0. The van der Waals surface area contributed by atoms with Crippen LogP contribution in [0.5, 0.6) is 0 Å². The molecule has 0 aromatic heterocycles. The van der Waals surface area contributed by atoms with Gasteiger partial charge in [0.05, 0.1) is 0 Å². The first kappa shape index (κ1) is 34.0. The molecular weight excluding hydrogens is 677 g/mol. The zero-order valence-electron chi connectivity index (χ0n) is 30.6. The molecule has 1 heteroatoms. The van der Waals surface area contributed by atoms with Crippen LogP contribution in [-0.4, -0.2) is 8.07 Å². The van der Waals surface area contributed by atoms with Crippen molar-refractivity contribution in [3.8, 4) is 55.6 Å². The van der Waals surface area contributed by atoms with E-state index < -0.39 is 8.07 Å². The lowest BCUT2D eigenvalue weighted by atomic mass is 9.81. The maximum atomic E-state index is 2.50. The van der Waals surface area contributed by atoms with Gasteiger partial charge in [0.25, 0.3) is 0 Å². The highest BCUT2D eigenvalue weighted by molar-refractivity contribution is 7.19. The van der Waals surface area contributed by atoms with Crippen LogP contribution in [0.3, 0.4) is 0 Å². The second-order valence-electron chi connectivity index (χ2n) is 14.0. The minimum absolute atomic E-state index is 1.19. The molecule has 0 fully saturated rings. The van der Waals surface area contributed by atoms with Gasteiger partial charge in [-0.05, 0) is 76.4 Å². The van der Waals surface area contributed by atoms with Gasteiger partial charge in [-0.15, -0.1) is 0 Å². The monoisotopic (exact) mass is 716 g/mol. The summed E-state index contributed by atoms with van der Waals surface area (Å²) in [5.74, 6) is 0. The Morgan fingerprint density at radius 3 is 0.800 bits per heavy atom. The molecule has 9 aromatic carbocycles. The first-order chi connectivity index (χ1) is 27.3. The van der Waals surface area contributed by atoms with Gasteiger partial charge in [-0.3, -0.25) is 0 Å². The SMILES string of the molecule is c1ccc(-c2cccc(-c3ccccc3)c2-c2c(-c3ccccc3)cccc2-c2cccc([Si](c3ccccc3)(c3ccccc3)c3ccccc3)c2)cc1. The predicted octanol–water partition coefficient (Wildman–Crippen LogP) is 11.4. The summed E-state index contributed by atoms with van der Waals surface area (Å²) in [6.45, 7) is 0. The van der Waals surface area contributed by atoms with Gasteiger partial charge >= 0.3 is 0 Å². The molecule has 0 N–H and O–H groups in total. The van der Waals surface area contributed by atoms with E-state index >= 15 is 0 Å². The molecule has 0 bridgehead atoms. The number of hydrogen-bond acceptors (Lipinski definition) is 0. The van der Waals surface area contributed by atoms with Crippen LogP contribution in [0.15, 0.2) is 243 Å². The molecule has 0 aliphatic heterocycles. The molecule has 0 nitrogen and oxygen atoms in total. The van der Waals surface area contributed by atoms with Crippen LogP contribution in [0, 0.1) is 0 Å². The summed E-state index contributed by atoms with van der Waals surface area (Å²) in [5.41, 5.74) is 12.1. The summed E-state index contributed by atoms with van der Waals surface area (Å²) in [6, 6.07) is 89.3. The van der Waals surface area contributed by atoms with Crippen LogP contribution in [0.25, 0.3) is 55.6 Å². The Hall–Kier alpha value is -6.80. The highest BCUT2D eigenvalue weighted by Gasteiger charge is 2.41. The van der Waals surface area contributed by atoms with Crippen molar-refractivity contribution >= 4 is 28.8 Å². The average Bonchev–Trinajstić information content (AvgIpc) is 3.28. The third-order valence-corrected chi connectivity index (χ3v) is 15.6. The van der Waals surface area contributed by atoms with Gasteiger partial charge in [-0.2, -0.15) is 0 Å². The van der Waals surface area contributed by atoms with E-state index in [1.165, 1.54) is 76.4 Å². The van der Waals surface area contributed by atoms with Crippen molar-refractivity contribution in [3.63, 3.8) is 0 Å². The minimum Gasteiger partial charge on any atom is -0.0623 e. The first-order valence-electron chi connectivity index (χ1n) is 19.0. The van der Waals surface area contributed by atoms with Gasteiger partial charge in [0.15, 0.2) is 8.07 Å². The summed E-state index contributed by atoms with van der Waals surface area (Å²) in [4.78, 5) is 0. The second-order valence-corrected chi connectivity index (χ2v) is 17.8. The summed E-state index contributed by atoms with van der Waals surface area (Å²) in [5, 5.41) is 5.44. The topological polar surface area (TPSA) is 0 Å². The Bertz CT molecular complexity index is 2500. The molecule has 0 heterocycles. The standard InChI is InChI=1S/C54H40Si/c1-7-22-41(23-8-1)49-36-20-37-50(42-24-9-2-10-25-42)53(49)54-51(43-26-11-3-12-27-43)38-21-39-52(54)44-28-19-35-48(40-44)55(45-29-13-4-14-30-45,46-31-15-5-16-32-46)47-33-17-6-18-34-47/h1-40H. The molecule has 0 atom stereocenters. The Kier molecular flexibility index (Phi) is 9.44. The van der Waals surface area contributed by atoms with E-state index in [0.717, 1.165) is 0 Å². The van der Waals surface area contributed by atoms with E-state index in [1.807, 2.05) is 0 Å². The fourth-order valence-electron chi connectivity index (χ4n) is 8.44. The van der Waals surface area contributed by atoms with E-state index in [-0.39, 0.29) is 0 Å². The van der Waals surface area contributed by atoms with Crippen molar-refractivity contribution < 1.29 is 0 Å². The van der Waals surface area contributed by atoms with E-state index in [1.54, 1.807) is 0 Å². The molecule has 0 radical (unpaired) electrons. The van der Waals surface area contributed by atoms with E-state index in [2.05, 4.69) is 243 Å². The molecular formula is C54H40Si. The Labute approximate surface area is 325 Å². The van der Waals surface area contributed by atoms with Crippen LogP contribution in [0.2, 0.25) is 0 Å². The smallest absolute Gasteiger partial charge is 0.0623 e. The fraction of sp³-hybridized carbons (Fsp3) is 0. The average molecular weight is 717 g/mol. The lowest BCUT2D eigenvalue weighted by Gasteiger charge is -2.34. The molecule has 0 aliphatic rings. The molecule has 0 amide bonds. The van der Waals surface area contributed by atoms with E-state index in [0.29, 0.717) is 0 Å². The molecule has 0 spiro atoms. The summed E-state index contributed by atoms with van der Waals surface area (Å²) in [7, 11) is -2.77. The molecule has 0 unspecified atom stereocenters. The molecule has 9 rings (SSSR count). The maximum Gasteiger partial charge on any atom is 0.179 e. The van der Waals surface area contributed by atoms with E-state index in [4.69, 9.17) is 0 Å². The van der Waals surface area contributed by atoms with Crippen LogP contribution >= 0.6 is 0 Å².